The van der Waals surface area contributed by atoms with Crippen LogP contribution in [0.2, 0.25) is 5.02 Å². The van der Waals surface area contributed by atoms with Gasteiger partial charge in [0.05, 0.1) is 12.2 Å². The largest absolute Gasteiger partial charge is 0.494 e. The first-order chi connectivity index (χ1) is 20.5. The number of carbonyl (C=O) groups is 1. The number of fused-ring (bicyclic) bond motifs is 1. The second-order valence-electron chi connectivity index (χ2n) is 10.1. The first kappa shape index (κ1) is 29.7. The Balaban J connectivity index is 1.39. The third-order valence-electron chi connectivity index (χ3n) is 7.04. The van der Waals surface area contributed by atoms with Gasteiger partial charge in [-0.05, 0) is 48.2 Å². The number of rotatable bonds is 13. The third-order valence-corrected chi connectivity index (χ3v) is 8.30. The summed E-state index contributed by atoms with van der Waals surface area (Å²) < 4.78 is 13.5. The number of ether oxygens (including phenoxy) is 2. The normalized spacial score (nSPS) is 14.3. The van der Waals surface area contributed by atoms with Crippen molar-refractivity contribution in [3.05, 3.63) is 112 Å². The smallest absolute Gasteiger partial charge is 0.338 e. The van der Waals surface area contributed by atoms with E-state index in [9.17, 15) is 4.79 Å². The molecule has 0 fully saturated rings. The standard InChI is InChI=1S/C33H35ClN4O3S/c1-3-4-5-11-20-40-27-18-16-25(17-19-27)30-29(31(39)41-21-24-12-7-6-8-13-24)23(2)35-32-36-33(37-38(30)32)42-22-26-14-9-10-15-28(26)34/h6-10,12-19,30H,3-5,11,20-22H2,1-2H3,(H,35,36,37). The minimum atomic E-state index is -0.523. The fourth-order valence-electron chi connectivity index (χ4n) is 4.79. The number of halogens is 1. The van der Waals surface area contributed by atoms with Crippen molar-refractivity contribution < 1.29 is 14.3 Å². The Morgan fingerprint density at radius 1 is 1.00 bits per heavy atom. The summed E-state index contributed by atoms with van der Waals surface area (Å²) in [7, 11) is 0. The van der Waals surface area contributed by atoms with E-state index in [1.165, 1.54) is 24.6 Å². The van der Waals surface area contributed by atoms with Gasteiger partial charge in [0.1, 0.15) is 18.4 Å². The Morgan fingerprint density at radius 2 is 1.76 bits per heavy atom. The molecule has 5 rings (SSSR count). The second kappa shape index (κ2) is 14.4. The highest BCUT2D eigenvalue weighted by atomic mass is 35.5. The van der Waals surface area contributed by atoms with E-state index in [0.29, 0.717) is 39.8 Å². The van der Waals surface area contributed by atoms with Gasteiger partial charge in [-0.25, -0.2) is 9.48 Å². The highest BCUT2D eigenvalue weighted by Gasteiger charge is 2.35. The zero-order chi connectivity index (χ0) is 29.3. The average Bonchev–Trinajstić information content (AvgIpc) is 3.42. The maximum atomic E-state index is 13.6. The second-order valence-corrected chi connectivity index (χ2v) is 11.5. The number of hydrogen-bond acceptors (Lipinski definition) is 7. The van der Waals surface area contributed by atoms with Crippen LogP contribution >= 0.6 is 23.4 Å². The zero-order valence-corrected chi connectivity index (χ0v) is 25.5. The molecule has 4 aromatic rings. The lowest BCUT2D eigenvalue weighted by Crippen LogP contribution is -2.29. The van der Waals surface area contributed by atoms with Gasteiger partial charge in [-0.1, -0.05) is 110 Å². The fourth-order valence-corrected chi connectivity index (χ4v) is 5.90. The molecule has 7 nitrogen and oxygen atoms in total. The predicted octanol–water partition coefficient (Wildman–Crippen LogP) is 8.22. The molecule has 2 heterocycles. The molecule has 0 saturated carbocycles. The topological polar surface area (TPSA) is 78.3 Å². The Kier molecular flexibility index (Phi) is 10.2. The molecule has 1 aromatic heterocycles. The number of carbonyl (C=O) groups excluding carboxylic acids is 1. The van der Waals surface area contributed by atoms with Crippen LogP contribution in [0.25, 0.3) is 0 Å². The monoisotopic (exact) mass is 602 g/mol. The fraction of sp³-hybridized carbons (Fsp3) is 0.303. The average molecular weight is 603 g/mol. The van der Waals surface area contributed by atoms with Crippen LogP contribution in [0.1, 0.15) is 62.3 Å². The summed E-state index contributed by atoms with van der Waals surface area (Å²) in [5, 5.41) is 9.40. The molecule has 0 aliphatic carbocycles. The van der Waals surface area contributed by atoms with Crippen molar-refractivity contribution >= 4 is 35.3 Å². The van der Waals surface area contributed by atoms with Crippen molar-refractivity contribution in [3.8, 4) is 5.75 Å². The van der Waals surface area contributed by atoms with Gasteiger partial charge in [0.25, 0.3) is 0 Å². The molecule has 0 spiro atoms. The molecule has 0 radical (unpaired) electrons. The number of thioether (sulfide) groups is 1. The summed E-state index contributed by atoms with van der Waals surface area (Å²) in [5.74, 6) is 1.58. The van der Waals surface area contributed by atoms with E-state index in [4.69, 9.17) is 31.2 Å². The summed E-state index contributed by atoms with van der Waals surface area (Å²) in [5.41, 5.74) is 3.97. The van der Waals surface area contributed by atoms with Crippen LogP contribution in [0, 0.1) is 0 Å². The SMILES string of the molecule is CCCCCCOc1ccc(C2C(C(=O)OCc3ccccc3)=C(C)Nc3nc(SCc4ccccc4Cl)nn32)cc1. The van der Waals surface area contributed by atoms with Crippen LogP contribution < -0.4 is 10.1 Å². The lowest BCUT2D eigenvalue weighted by Gasteiger charge is -2.28. The summed E-state index contributed by atoms with van der Waals surface area (Å²) in [6, 6.07) is 24.7. The quantitative estimate of drug-likeness (QED) is 0.0938. The molecule has 1 N–H and O–H groups in total. The highest BCUT2D eigenvalue weighted by Crippen LogP contribution is 2.38. The van der Waals surface area contributed by atoms with Gasteiger partial charge in [0.15, 0.2) is 0 Å². The van der Waals surface area contributed by atoms with E-state index >= 15 is 0 Å². The van der Waals surface area contributed by atoms with Crippen LogP contribution in [0.4, 0.5) is 5.95 Å². The molecular weight excluding hydrogens is 568 g/mol. The predicted molar refractivity (Wildman–Crippen MR) is 168 cm³/mol. The van der Waals surface area contributed by atoms with Gasteiger partial charge < -0.3 is 14.8 Å². The van der Waals surface area contributed by atoms with E-state index in [1.54, 1.807) is 4.68 Å². The van der Waals surface area contributed by atoms with Crippen molar-refractivity contribution in [2.45, 2.75) is 63.1 Å². The van der Waals surface area contributed by atoms with E-state index in [2.05, 4.69) is 12.2 Å². The molecule has 9 heteroatoms. The first-order valence-electron chi connectivity index (χ1n) is 14.3. The number of esters is 1. The maximum absolute atomic E-state index is 13.6. The van der Waals surface area contributed by atoms with Gasteiger partial charge in [-0.2, -0.15) is 4.98 Å². The summed E-state index contributed by atoms with van der Waals surface area (Å²) in [6.45, 7) is 4.93. The van der Waals surface area contributed by atoms with Crippen LogP contribution in [0.5, 0.6) is 5.75 Å². The van der Waals surface area contributed by atoms with Crippen molar-refractivity contribution in [2.75, 3.05) is 11.9 Å². The summed E-state index contributed by atoms with van der Waals surface area (Å²) >= 11 is 7.86. The number of nitrogens with zero attached hydrogens (tertiary/aromatic N) is 3. The Bertz CT molecular complexity index is 1520. The van der Waals surface area contributed by atoms with E-state index in [0.717, 1.165) is 35.3 Å². The van der Waals surface area contributed by atoms with E-state index in [1.807, 2.05) is 85.8 Å². The number of allylic oxidation sites excluding steroid dienone is 1. The maximum Gasteiger partial charge on any atom is 0.338 e. The molecule has 0 saturated heterocycles. The minimum Gasteiger partial charge on any atom is -0.494 e. The molecule has 1 aliphatic heterocycles. The lowest BCUT2D eigenvalue weighted by atomic mass is 9.95. The van der Waals surface area contributed by atoms with Gasteiger partial charge in [0.2, 0.25) is 11.1 Å². The van der Waals surface area contributed by atoms with Crippen LogP contribution in [0.3, 0.4) is 0 Å². The number of unbranched alkanes of at least 4 members (excludes halogenated alkanes) is 3. The highest BCUT2D eigenvalue weighted by molar-refractivity contribution is 7.98. The number of hydrogen-bond donors (Lipinski definition) is 1. The molecule has 1 atom stereocenters. The van der Waals surface area contributed by atoms with Crippen LogP contribution in [-0.2, 0) is 21.9 Å². The van der Waals surface area contributed by atoms with Crippen molar-refractivity contribution in [1.82, 2.24) is 14.8 Å². The molecule has 3 aromatic carbocycles. The molecular formula is C33H35ClN4O3S. The molecule has 42 heavy (non-hydrogen) atoms. The van der Waals surface area contributed by atoms with Gasteiger partial charge in [-0.15, -0.1) is 5.10 Å². The Labute approximate surface area is 256 Å². The van der Waals surface area contributed by atoms with Crippen LogP contribution in [0.15, 0.2) is 95.3 Å². The molecule has 0 bridgehead atoms. The van der Waals surface area contributed by atoms with E-state index < -0.39 is 12.0 Å². The number of benzene rings is 3. The Hall–Kier alpha value is -3.75. The van der Waals surface area contributed by atoms with Crippen LogP contribution in [-0.4, -0.2) is 27.3 Å². The first-order valence-corrected chi connectivity index (χ1v) is 15.6. The molecule has 218 valence electrons. The molecule has 1 unspecified atom stereocenters. The van der Waals surface area contributed by atoms with E-state index in [-0.39, 0.29) is 6.61 Å². The number of aromatic nitrogens is 3. The summed E-state index contributed by atoms with van der Waals surface area (Å²) in [4.78, 5) is 18.3. The molecule has 1 aliphatic rings. The Morgan fingerprint density at radius 3 is 2.52 bits per heavy atom. The molecule has 0 amide bonds. The number of nitrogens with one attached hydrogen (secondary N) is 1. The van der Waals surface area contributed by atoms with Crippen molar-refractivity contribution in [3.63, 3.8) is 0 Å². The van der Waals surface area contributed by atoms with Gasteiger partial charge in [-0.3, -0.25) is 0 Å². The van der Waals surface area contributed by atoms with Gasteiger partial charge >= 0.3 is 5.97 Å². The lowest BCUT2D eigenvalue weighted by molar-refractivity contribution is -0.140. The van der Waals surface area contributed by atoms with Gasteiger partial charge in [0, 0.05) is 16.5 Å². The number of anilines is 1. The zero-order valence-electron chi connectivity index (χ0n) is 23.9. The third kappa shape index (κ3) is 7.36. The minimum absolute atomic E-state index is 0.178. The van der Waals surface area contributed by atoms with Crippen molar-refractivity contribution in [2.24, 2.45) is 0 Å². The summed E-state index contributed by atoms with van der Waals surface area (Å²) in [6.07, 6.45) is 4.60. The van der Waals surface area contributed by atoms with Crippen molar-refractivity contribution in [1.29, 1.82) is 0 Å².